The van der Waals surface area contributed by atoms with Crippen LogP contribution in [0.2, 0.25) is 5.02 Å². The number of likely N-dealkylation sites (N-methyl/N-ethyl adjacent to an activating group) is 1. The Morgan fingerprint density at radius 1 is 1.17 bits per heavy atom. The van der Waals surface area contributed by atoms with Gasteiger partial charge in [0.25, 0.3) is 0 Å². The number of piperidine rings is 1. The van der Waals surface area contributed by atoms with Crippen LogP contribution in [-0.2, 0) is 25.9 Å². The second kappa shape index (κ2) is 14.9. The predicted octanol–water partition coefficient (Wildman–Crippen LogP) is 3.54. The van der Waals surface area contributed by atoms with Crippen molar-refractivity contribution in [2.24, 2.45) is 5.73 Å². The van der Waals surface area contributed by atoms with Crippen LogP contribution in [0.25, 0.3) is 4.85 Å². The number of nitrogens with zero attached hydrogens (tertiary/aromatic N) is 3. The normalized spacial score (nSPS) is 20.9. The second-order valence-electron chi connectivity index (χ2n) is 11.0. The fourth-order valence-corrected chi connectivity index (χ4v) is 7.02. The molecule has 1 saturated heterocycles. The van der Waals surface area contributed by atoms with Gasteiger partial charge in [-0.2, -0.15) is 0 Å². The fourth-order valence-electron chi connectivity index (χ4n) is 5.71. The summed E-state index contributed by atoms with van der Waals surface area (Å²) < 4.78 is 45.8. The van der Waals surface area contributed by atoms with Crippen LogP contribution in [-0.4, -0.2) is 97.0 Å². The van der Waals surface area contributed by atoms with Crippen molar-refractivity contribution >= 4 is 27.3 Å². The Kier molecular flexibility index (Phi) is 11.6. The third kappa shape index (κ3) is 8.01. The molecule has 12 heteroatoms. The molecule has 0 amide bonds. The molecule has 2 aliphatic rings. The molecule has 3 N–H and O–H groups in total. The molecule has 1 aliphatic carbocycles. The van der Waals surface area contributed by atoms with Crippen molar-refractivity contribution in [2.75, 3.05) is 66.7 Å². The van der Waals surface area contributed by atoms with E-state index in [1.807, 2.05) is 13.0 Å². The molecule has 0 saturated carbocycles. The van der Waals surface area contributed by atoms with Crippen molar-refractivity contribution in [3.8, 4) is 5.75 Å². The first kappa shape index (κ1) is 32.6. The summed E-state index contributed by atoms with van der Waals surface area (Å²) in [6.07, 6.45) is 2.59. The molecule has 1 heterocycles. The van der Waals surface area contributed by atoms with E-state index in [1.54, 1.807) is 24.3 Å². The van der Waals surface area contributed by atoms with Crippen LogP contribution in [0.5, 0.6) is 5.75 Å². The molecule has 2 aromatic rings. The van der Waals surface area contributed by atoms with E-state index in [9.17, 15) is 8.42 Å². The first-order valence-electron chi connectivity index (χ1n) is 14.4. The molecule has 42 heavy (non-hydrogen) atoms. The van der Waals surface area contributed by atoms with E-state index in [2.05, 4.69) is 33.5 Å². The molecule has 230 valence electrons. The van der Waals surface area contributed by atoms with E-state index in [1.165, 1.54) is 0 Å². The Labute approximate surface area is 254 Å². The first-order chi connectivity index (χ1) is 20.1. The van der Waals surface area contributed by atoms with Crippen molar-refractivity contribution in [1.82, 2.24) is 14.5 Å². The van der Waals surface area contributed by atoms with E-state index in [-0.39, 0.29) is 30.2 Å². The number of hydrogen-bond acceptors (Lipinski definition) is 8. The lowest BCUT2D eigenvalue weighted by molar-refractivity contribution is 0.0378. The summed E-state index contributed by atoms with van der Waals surface area (Å²) in [5.74, 6) is 0.600. The molecular weight excluding hydrogens is 578 g/mol. The summed E-state index contributed by atoms with van der Waals surface area (Å²) in [5, 5.41) is 0.509. The van der Waals surface area contributed by atoms with E-state index in [4.69, 9.17) is 38.1 Å². The average molecular weight is 620 g/mol. The van der Waals surface area contributed by atoms with Crippen molar-refractivity contribution in [3.63, 3.8) is 0 Å². The topological polar surface area (TPSA) is 111 Å². The van der Waals surface area contributed by atoms with Gasteiger partial charge in [0.2, 0.25) is 10.0 Å². The largest absolute Gasteiger partial charge is 0.484 e. The maximum absolute atomic E-state index is 12.9. The molecule has 0 bridgehead atoms. The number of nitrogens with two attached hydrogens (primary N) is 1. The summed E-state index contributed by atoms with van der Waals surface area (Å²) >= 11 is 6.45. The van der Waals surface area contributed by atoms with Gasteiger partial charge in [-0.1, -0.05) is 11.6 Å². The number of ether oxygens (including phenoxy) is 3. The van der Waals surface area contributed by atoms with Crippen LogP contribution in [0.4, 0.5) is 5.69 Å². The number of nitrogens with one attached hydrogen (secondary N) is 1. The average Bonchev–Trinajstić information content (AvgIpc) is 3.32. The molecule has 1 fully saturated rings. The molecule has 1 aliphatic heterocycles. The van der Waals surface area contributed by atoms with Crippen LogP contribution >= 0.6 is 11.6 Å². The van der Waals surface area contributed by atoms with Crippen molar-refractivity contribution in [3.05, 3.63) is 63.5 Å². The van der Waals surface area contributed by atoms with Gasteiger partial charge < -0.3 is 24.8 Å². The van der Waals surface area contributed by atoms with E-state index < -0.39 is 10.0 Å². The number of hydrogen-bond donors (Lipinski definition) is 2. The summed E-state index contributed by atoms with van der Waals surface area (Å²) in [6.45, 7) is 13.5. The summed E-state index contributed by atoms with van der Waals surface area (Å²) in [6, 6.07) is 9.01. The number of rotatable bonds is 14. The van der Waals surface area contributed by atoms with Gasteiger partial charge in [-0.25, -0.2) is 18.0 Å². The smallest absolute Gasteiger partial charge is 0.240 e. The Hall–Kier alpha value is -2.27. The van der Waals surface area contributed by atoms with Crippen LogP contribution in [0.15, 0.2) is 35.2 Å². The molecule has 0 radical (unpaired) electrons. The highest BCUT2D eigenvalue weighted by Crippen LogP contribution is 2.45. The Bertz CT molecular complexity index is 1370. The lowest BCUT2D eigenvalue weighted by Gasteiger charge is -2.41. The van der Waals surface area contributed by atoms with Gasteiger partial charge in [0.05, 0.1) is 43.9 Å². The summed E-state index contributed by atoms with van der Waals surface area (Å²) in [5.41, 5.74) is 8.54. The SMILES string of the molecule is [C-]#[N+]c1cc(Cl)cc2c1C[C@H](N1CCC[C@@H](N(C)C)C1)[C@H]2Oc1ccc(S(=O)(=O)NCCOCCOCCN)cc1C. The van der Waals surface area contributed by atoms with Gasteiger partial charge in [-0.3, -0.25) is 4.90 Å². The Balaban J connectivity index is 1.49. The highest BCUT2D eigenvalue weighted by atomic mass is 35.5. The van der Waals surface area contributed by atoms with Gasteiger partial charge in [-0.15, -0.1) is 0 Å². The lowest BCUT2D eigenvalue weighted by atomic mass is 10.0. The number of likely N-dealkylation sites (tertiary alicyclic amines) is 1. The van der Waals surface area contributed by atoms with Crippen LogP contribution in [0.3, 0.4) is 0 Å². The van der Waals surface area contributed by atoms with Crippen LogP contribution < -0.4 is 15.2 Å². The van der Waals surface area contributed by atoms with Crippen molar-refractivity contribution in [2.45, 2.75) is 49.3 Å². The van der Waals surface area contributed by atoms with Gasteiger partial charge in [-0.05, 0) is 93.8 Å². The zero-order chi connectivity index (χ0) is 30.3. The van der Waals surface area contributed by atoms with Crippen molar-refractivity contribution < 1.29 is 22.6 Å². The third-order valence-electron chi connectivity index (χ3n) is 7.93. The van der Waals surface area contributed by atoms with E-state index in [0.29, 0.717) is 60.9 Å². The van der Waals surface area contributed by atoms with Gasteiger partial charge in [0.1, 0.15) is 11.9 Å². The lowest BCUT2D eigenvalue weighted by Crippen LogP contribution is -2.51. The van der Waals surface area contributed by atoms with Gasteiger partial charge in [0, 0.05) is 30.7 Å². The minimum absolute atomic E-state index is 0.0342. The molecule has 0 spiro atoms. The molecule has 0 unspecified atom stereocenters. The Morgan fingerprint density at radius 2 is 1.93 bits per heavy atom. The third-order valence-corrected chi connectivity index (χ3v) is 9.60. The van der Waals surface area contributed by atoms with Crippen LogP contribution in [0.1, 0.15) is 35.6 Å². The van der Waals surface area contributed by atoms with E-state index in [0.717, 1.165) is 37.1 Å². The Morgan fingerprint density at radius 3 is 2.62 bits per heavy atom. The molecule has 10 nitrogen and oxygen atoms in total. The quantitative estimate of drug-likeness (QED) is 0.244. The number of aryl methyl sites for hydroxylation is 1. The number of fused-ring (bicyclic) bond motifs is 1. The van der Waals surface area contributed by atoms with Crippen molar-refractivity contribution in [1.29, 1.82) is 0 Å². The predicted molar refractivity (Wildman–Crippen MR) is 164 cm³/mol. The fraction of sp³-hybridized carbons (Fsp3) is 0.567. The minimum Gasteiger partial charge on any atom is -0.484 e. The number of halogens is 1. The minimum atomic E-state index is -3.73. The molecule has 3 atom stereocenters. The summed E-state index contributed by atoms with van der Waals surface area (Å²) in [7, 11) is 0.498. The highest BCUT2D eigenvalue weighted by Gasteiger charge is 2.41. The standard InChI is InChI=1S/C30H42ClN5O5S/c1-21-16-24(42(37,38)34-10-13-40-15-14-39-12-9-32)7-8-29(21)41-30-26-17-22(31)18-27(33-2)25(26)19-28(30)36-11-5-6-23(20-36)35(3)4/h7-8,16-18,23,28,30,34H,5-6,9-15,19-20,32H2,1,3-4H3/t23-,28+,30+/m1/s1. The molecule has 2 aromatic carbocycles. The monoisotopic (exact) mass is 619 g/mol. The van der Waals surface area contributed by atoms with Gasteiger partial charge >= 0.3 is 0 Å². The zero-order valence-electron chi connectivity index (χ0n) is 24.6. The number of sulfonamides is 1. The van der Waals surface area contributed by atoms with E-state index >= 15 is 0 Å². The maximum atomic E-state index is 12.9. The second-order valence-corrected chi connectivity index (χ2v) is 13.2. The number of benzene rings is 2. The molecule has 4 rings (SSSR count). The zero-order valence-corrected chi connectivity index (χ0v) is 26.2. The molecule has 0 aromatic heterocycles. The maximum Gasteiger partial charge on any atom is 0.240 e. The van der Waals surface area contributed by atoms with Crippen LogP contribution in [0, 0.1) is 13.5 Å². The van der Waals surface area contributed by atoms with Gasteiger partial charge in [0.15, 0.2) is 5.69 Å². The highest BCUT2D eigenvalue weighted by molar-refractivity contribution is 7.89. The summed E-state index contributed by atoms with van der Waals surface area (Å²) in [4.78, 5) is 8.67. The molecular formula is C30H42ClN5O5S. The first-order valence-corrected chi connectivity index (χ1v) is 16.2.